The number of aromatic hydroxyl groups is 2. The Labute approximate surface area is 304 Å². The van der Waals surface area contributed by atoms with Crippen molar-refractivity contribution in [2.45, 2.75) is 81.5 Å². The third-order valence-electron chi connectivity index (χ3n) is 11.0. The van der Waals surface area contributed by atoms with E-state index in [2.05, 4.69) is 10.2 Å². The van der Waals surface area contributed by atoms with E-state index in [4.69, 9.17) is 34.2 Å². The Bertz CT molecular complexity index is 2000. The fraction of sp³-hybridized carbons (Fsp3) is 0.447. The molecular formula is C38H41N3O12. The van der Waals surface area contributed by atoms with Crippen molar-refractivity contribution in [2.24, 2.45) is 0 Å². The Kier molecular flexibility index (Phi) is 8.92. The number of nitrogens with one attached hydrogen (secondary N) is 1. The first kappa shape index (κ1) is 35.4. The topological polar surface area (TPSA) is 209 Å². The molecule has 0 bridgehead atoms. The summed E-state index contributed by atoms with van der Waals surface area (Å²) in [6, 6.07) is 11.2. The second-order valence-corrected chi connectivity index (χ2v) is 14.1. The van der Waals surface area contributed by atoms with Gasteiger partial charge in [-0.3, -0.25) is 19.3 Å². The number of hydrogen-bond donors (Lipinski definition) is 5. The molecule has 0 saturated carbocycles. The smallest absolute Gasteiger partial charge is 0.252 e. The monoisotopic (exact) mass is 731 g/mol. The maximum absolute atomic E-state index is 14.1. The van der Waals surface area contributed by atoms with E-state index >= 15 is 0 Å². The van der Waals surface area contributed by atoms with Gasteiger partial charge in [-0.25, -0.2) is 0 Å². The van der Waals surface area contributed by atoms with Crippen molar-refractivity contribution in [3.8, 4) is 17.2 Å². The number of methoxy groups -OCH3 is 2. The number of aliphatic hydroxyl groups is 1. The lowest BCUT2D eigenvalue weighted by molar-refractivity contribution is -0.256. The van der Waals surface area contributed by atoms with Crippen LogP contribution in [0.4, 0.5) is 5.69 Å². The molecule has 15 heteroatoms. The van der Waals surface area contributed by atoms with Gasteiger partial charge in [-0.1, -0.05) is 24.3 Å². The molecule has 8 atom stereocenters. The number of phenolic OH excluding ortho intramolecular Hbond substituents is 2. The number of rotatable bonds is 7. The number of nitrogens with two attached hydrogens (primary N) is 1. The molecule has 3 fully saturated rings. The number of phenols is 2. The van der Waals surface area contributed by atoms with Gasteiger partial charge in [-0.15, -0.1) is 0 Å². The zero-order chi connectivity index (χ0) is 37.3. The molecule has 3 aromatic carbocycles. The van der Waals surface area contributed by atoms with Crippen LogP contribution in [0.1, 0.15) is 74.4 Å². The molecule has 2 aliphatic carbocycles. The van der Waals surface area contributed by atoms with Gasteiger partial charge in [0.25, 0.3) is 5.91 Å². The molecule has 15 nitrogen and oxygen atoms in total. The minimum atomic E-state index is -2.20. The zero-order valence-corrected chi connectivity index (χ0v) is 29.4. The van der Waals surface area contributed by atoms with Crippen LogP contribution >= 0.6 is 0 Å². The fourth-order valence-corrected chi connectivity index (χ4v) is 8.55. The molecule has 5 aliphatic rings. The lowest BCUT2D eigenvalue weighted by Crippen LogP contribution is -2.55. The van der Waals surface area contributed by atoms with Gasteiger partial charge in [0.15, 0.2) is 24.6 Å². The number of hydrogen-bond acceptors (Lipinski definition) is 14. The summed E-state index contributed by atoms with van der Waals surface area (Å²) in [7, 11) is 2.90. The Hall–Kier alpha value is -4.61. The van der Waals surface area contributed by atoms with E-state index < -0.39 is 83.1 Å². The van der Waals surface area contributed by atoms with Crippen molar-refractivity contribution in [2.75, 3.05) is 33.1 Å². The second-order valence-electron chi connectivity index (χ2n) is 14.1. The molecule has 0 spiro atoms. The molecule has 6 N–H and O–H groups in total. The number of fused-ring (bicyclic) bond motifs is 6. The average Bonchev–Trinajstić information content (AvgIpc) is 3.53. The minimum absolute atomic E-state index is 0.0229. The number of ketones is 2. The molecule has 0 aromatic heterocycles. The SMILES string of the molecule is COc1cccc2c1C(=O)c1c(O)c3c(c(O)c1C2=O)C[C@@](O)(C(=O)NCc1cccc(N)c1)C[C@@H]3O[C@H]1C[C@H]2[C@H](O[C@@H]3[C@@H](OC)OCCN32)[C@H](C)O1. The first-order valence-corrected chi connectivity index (χ1v) is 17.5. The molecule has 3 heterocycles. The van der Waals surface area contributed by atoms with Crippen molar-refractivity contribution < 1.29 is 58.1 Å². The highest BCUT2D eigenvalue weighted by Gasteiger charge is 2.55. The lowest BCUT2D eigenvalue weighted by Gasteiger charge is -2.43. The van der Waals surface area contributed by atoms with E-state index in [0.717, 1.165) is 0 Å². The summed E-state index contributed by atoms with van der Waals surface area (Å²) in [5.41, 5.74) is 3.84. The Balaban J connectivity index is 1.18. The summed E-state index contributed by atoms with van der Waals surface area (Å²) < 4.78 is 35.9. The van der Waals surface area contributed by atoms with Crippen LogP contribution < -0.4 is 15.8 Å². The first-order chi connectivity index (χ1) is 25.4. The molecule has 53 heavy (non-hydrogen) atoms. The molecule has 280 valence electrons. The van der Waals surface area contributed by atoms with Crippen LogP contribution in [0.3, 0.4) is 0 Å². The number of nitrogen functional groups attached to an aromatic ring is 1. The lowest BCUT2D eigenvalue weighted by atomic mass is 9.72. The molecule has 0 unspecified atom stereocenters. The summed E-state index contributed by atoms with van der Waals surface area (Å²) >= 11 is 0. The van der Waals surface area contributed by atoms with E-state index in [1.807, 2.05) is 6.92 Å². The number of carbonyl (C=O) groups is 3. The number of nitrogens with zero attached hydrogens (tertiary/aromatic N) is 1. The van der Waals surface area contributed by atoms with Crippen molar-refractivity contribution in [1.29, 1.82) is 0 Å². The van der Waals surface area contributed by atoms with Gasteiger partial charge in [0, 0.05) is 67.9 Å². The van der Waals surface area contributed by atoms with Gasteiger partial charge >= 0.3 is 0 Å². The predicted molar refractivity (Wildman–Crippen MR) is 184 cm³/mol. The largest absolute Gasteiger partial charge is 0.507 e. The Morgan fingerprint density at radius 2 is 1.83 bits per heavy atom. The normalized spacial score (nSPS) is 30.5. The second kappa shape index (κ2) is 13.4. The van der Waals surface area contributed by atoms with Gasteiger partial charge in [-0.2, -0.15) is 0 Å². The van der Waals surface area contributed by atoms with E-state index in [-0.39, 0.29) is 53.1 Å². The summed E-state index contributed by atoms with van der Waals surface area (Å²) in [5.74, 6) is -3.36. The van der Waals surface area contributed by atoms with Crippen LogP contribution in [-0.4, -0.2) is 108 Å². The van der Waals surface area contributed by atoms with Gasteiger partial charge in [-0.05, 0) is 30.7 Å². The average molecular weight is 732 g/mol. The highest BCUT2D eigenvalue weighted by Crippen LogP contribution is 2.53. The highest BCUT2D eigenvalue weighted by atomic mass is 16.7. The maximum Gasteiger partial charge on any atom is 0.252 e. The third-order valence-corrected chi connectivity index (χ3v) is 11.0. The minimum Gasteiger partial charge on any atom is -0.507 e. The fourth-order valence-electron chi connectivity index (χ4n) is 8.55. The molecule has 0 radical (unpaired) electrons. The van der Waals surface area contributed by atoms with Gasteiger partial charge in [0.1, 0.15) is 29.0 Å². The quantitative estimate of drug-likeness (QED) is 0.136. The Morgan fingerprint density at radius 3 is 2.58 bits per heavy atom. The Morgan fingerprint density at radius 1 is 1.06 bits per heavy atom. The standard InChI is InChI=1S/C38H41N3O12/c1-17-34-22(41-10-11-50-36(49-3)35(41)53-34)13-25(51-17)52-24-15-38(47,37(46)40-16-18-6-4-7-19(39)12-18)14-21-27(24)33(45)29-28(31(21)43)30(42)20-8-5-9-23(48-2)26(20)32(29)44/h4-9,12,17,22,24-25,34-36,43,45,47H,10-11,13-16,39H2,1-3H3,(H,40,46)/t17-,22-,24-,25-,34+,35+,36-,38-/m0/s1. The number of ether oxygens (including phenoxy) is 6. The molecular weight excluding hydrogens is 690 g/mol. The van der Waals surface area contributed by atoms with Crippen LogP contribution in [-0.2, 0) is 41.4 Å². The first-order valence-electron chi connectivity index (χ1n) is 17.5. The van der Waals surface area contributed by atoms with Crippen LogP contribution in [0.5, 0.6) is 17.2 Å². The van der Waals surface area contributed by atoms with E-state index in [1.54, 1.807) is 31.4 Å². The van der Waals surface area contributed by atoms with Crippen LogP contribution in [0.15, 0.2) is 42.5 Å². The zero-order valence-electron chi connectivity index (χ0n) is 29.4. The molecule has 3 aromatic rings. The van der Waals surface area contributed by atoms with Crippen molar-refractivity contribution in [3.63, 3.8) is 0 Å². The number of benzene rings is 3. The molecule has 1 amide bonds. The van der Waals surface area contributed by atoms with E-state index in [1.165, 1.54) is 25.3 Å². The number of carbonyl (C=O) groups excluding carboxylic acids is 3. The third kappa shape index (κ3) is 5.74. The van der Waals surface area contributed by atoms with Gasteiger partial charge in [0.2, 0.25) is 5.78 Å². The molecule has 8 rings (SSSR count). The van der Waals surface area contributed by atoms with Crippen molar-refractivity contribution in [1.82, 2.24) is 10.2 Å². The van der Waals surface area contributed by atoms with E-state index in [9.17, 15) is 29.7 Å². The summed E-state index contributed by atoms with van der Waals surface area (Å²) in [5, 5.41) is 38.7. The molecule has 3 saturated heterocycles. The summed E-state index contributed by atoms with van der Waals surface area (Å²) in [6.45, 7) is 2.88. The maximum atomic E-state index is 14.1. The highest BCUT2D eigenvalue weighted by molar-refractivity contribution is 6.31. The van der Waals surface area contributed by atoms with Crippen molar-refractivity contribution >= 4 is 23.2 Å². The van der Waals surface area contributed by atoms with E-state index in [0.29, 0.717) is 30.8 Å². The predicted octanol–water partition coefficient (Wildman–Crippen LogP) is 2.05. The van der Waals surface area contributed by atoms with Crippen molar-refractivity contribution in [3.05, 3.63) is 81.4 Å². The van der Waals surface area contributed by atoms with Crippen LogP contribution in [0.25, 0.3) is 0 Å². The number of anilines is 1. The van der Waals surface area contributed by atoms with Gasteiger partial charge in [0.05, 0.1) is 42.6 Å². The van der Waals surface area contributed by atoms with Gasteiger partial charge < -0.3 is 54.8 Å². The molecule has 3 aliphatic heterocycles. The summed E-state index contributed by atoms with van der Waals surface area (Å²) in [6.07, 6.45) is -4.69. The number of amides is 1. The summed E-state index contributed by atoms with van der Waals surface area (Å²) in [4.78, 5) is 44.1. The number of morpholine rings is 1. The van der Waals surface area contributed by atoms with Crippen LogP contribution in [0.2, 0.25) is 0 Å². The van der Waals surface area contributed by atoms with Crippen LogP contribution in [0, 0.1) is 0 Å².